The van der Waals surface area contributed by atoms with Crippen LogP contribution in [0.4, 0.5) is 0 Å². The molecule has 0 saturated heterocycles. The Bertz CT molecular complexity index is 1350. The van der Waals surface area contributed by atoms with Crippen LogP contribution < -0.4 is 24.8 Å². The topological polar surface area (TPSA) is 0 Å². The molecule has 0 amide bonds. The van der Waals surface area contributed by atoms with E-state index in [1.807, 2.05) is 12.2 Å². The van der Waals surface area contributed by atoms with Crippen LogP contribution in [0.3, 0.4) is 0 Å². The molecule has 0 spiro atoms. The standard InChI is InChI=1S/C14H11.C13H10.C5H5.2ClH.Zr/c1-10-5-4-7-12-9-11-6-2-3-8-13(11)14(10)12;1-3-7-12(8-4-1)11-13-9-5-2-6-10-13;1-2-4-5-3-1;;;/h2-9H,1H3;1-10H;1-3H,4H2;2*1H;/q-1;;-1;;;+2/p-2. The van der Waals surface area contributed by atoms with E-state index in [-0.39, 0.29) is 24.8 Å². The summed E-state index contributed by atoms with van der Waals surface area (Å²) in [7, 11) is 0. The zero-order chi connectivity index (χ0) is 22.9. The number of rotatable bonds is 2. The summed E-state index contributed by atoms with van der Waals surface area (Å²) in [6, 6.07) is 38.4. The van der Waals surface area contributed by atoms with Crippen LogP contribution in [0.25, 0.3) is 21.5 Å². The molecule has 0 bridgehead atoms. The fourth-order valence-electron chi connectivity index (χ4n) is 3.91. The van der Waals surface area contributed by atoms with Gasteiger partial charge in [0, 0.05) is 0 Å². The fourth-order valence-corrected chi connectivity index (χ4v) is 4.73. The van der Waals surface area contributed by atoms with Gasteiger partial charge in [-0.1, -0.05) is 35.9 Å². The van der Waals surface area contributed by atoms with Gasteiger partial charge in [-0.2, -0.15) is 6.08 Å². The molecule has 0 radical (unpaired) electrons. The molecule has 1 aliphatic carbocycles. The second-order valence-electron chi connectivity index (χ2n) is 7.88. The molecule has 0 aliphatic heterocycles. The van der Waals surface area contributed by atoms with Crippen molar-refractivity contribution in [2.45, 2.75) is 13.3 Å². The Morgan fingerprint density at radius 1 is 0.714 bits per heavy atom. The number of allylic oxidation sites excluding steroid dienone is 4. The van der Waals surface area contributed by atoms with Crippen molar-refractivity contribution in [3.05, 3.63) is 150 Å². The van der Waals surface area contributed by atoms with Gasteiger partial charge in [0.25, 0.3) is 0 Å². The number of aryl methyl sites for hydroxylation is 1. The van der Waals surface area contributed by atoms with Crippen molar-refractivity contribution in [2.24, 2.45) is 0 Å². The normalized spacial score (nSPS) is 10.9. The molecular formula is C32H26Cl2Zr-2. The van der Waals surface area contributed by atoms with Crippen LogP contribution in [0, 0.1) is 13.0 Å². The molecule has 1 aliphatic rings. The maximum absolute atomic E-state index is 2.99. The first kappa shape index (κ1) is 28.8. The van der Waals surface area contributed by atoms with E-state index in [0.29, 0.717) is 0 Å². The van der Waals surface area contributed by atoms with E-state index >= 15 is 0 Å². The maximum atomic E-state index is 2.99. The van der Waals surface area contributed by atoms with Crippen molar-refractivity contribution in [1.82, 2.24) is 0 Å². The molecule has 0 unspecified atom stereocenters. The van der Waals surface area contributed by atoms with Crippen LogP contribution in [0.2, 0.25) is 0 Å². The zero-order valence-corrected chi connectivity index (χ0v) is 23.6. The summed E-state index contributed by atoms with van der Waals surface area (Å²) in [5.74, 6) is 0. The van der Waals surface area contributed by atoms with E-state index in [9.17, 15) is 0 Å². The van der Waals surface area contributed by atoms with E-state index in [1.54, 1.807) is 0 Å². The number of halogens is 2. The molecule has 0 atom stereocenters. The average molecular weight is 573 g/mol. The van der Waals surface area contributed by atoms with Crippen molar-refractivity contribution in [3.8, 4) is 0 Å². The molecule has 5 aromatic carbocycles. The summed E-state index contributed by atoms with van der Waals surface area (Å²) in [6.45, 7) is 2.18. The molecule has 174 valence electrons. The third-order valence-corrected chi connectivity index (χ3v) is 6.98. The van der Waals surface area contributed by atoms with Gasteiger partial charge < -0.3 is 24.8 Å². The molecule has 0 nitrogen and oxygen atoms in total. The Kier molecular flexibility index (Phi) is 12.2. The number of hydrogen-bond acceptors (Lipinski definition) is 0. The van der Waals surface area contributed by atoms with E-state index in [4.69, 9.17) is 0 Å². The van der Waals surface area contributed by atoms with Crippen LogP contribution in [0.5, 0.6) is 0 Å². The van der Waals surface area contributed by atoms with Crippen LogP contribution in [0.15, 0.2) is 127 Å². The number of fused-ring (bicyclic) bond motifs is 3. The Morgan fingerprint density at radius 3 is 1.83 bits per heavy atom. The van der Waals surface area contributed by atoms with Crippen LogP contribution in [0.1, 0.15) is 23.1 Å². The monoisotopic (exact) mass is 570 g/mol. The minimum absolute atomic E-state index is 0. The van der Waals surface area contributed by atoms with E-state index in [1.165, 1.54) is 65.7 Å². The van der Waals surface area contributed by atoms with Crippen LogP contribution in [-0.4, -0.2) is 3.21 Å². The molecule has 0 aromatic heterocycles. The van der Waals surface area contributed by atoms with E-state index in [2.05, 4.69) is 128 Å². The summed E-state index contributed by atoms with van der Waals surface area (Å²) in [5, 5.41) is 5.48. The molecule has 0 heterocycles. The number of benzene rings is 4. The minimum atomic E-state index is 0. The predicted molar refractivity (Wildman–Crippen MR) is 139 cm³/mol. The van der Waals surface area contributed by atoms with Gasteiger partial charge in [0.2, 0.25) is 0 Å². The molecule has 0 N–H and O–H groups in total. The van der Waals surface area contributed by atoms with Crippen molar-refractivity contribution in [2.75, 3.05) is 0 Å². The average Bonchev–Trinajstić information content (AvgIpc) is 3.57. The zero-order valence-electron chi connectivity index (χ0n) is 19.6. The molecule has 0 fully saturated rings. The summed E-state index contributed by atoms with van der Waals surface area (Å²) in [5.41, 5.74) is 4.03. The Morgan fingerprint density at radius 2 is 1.29 bits per heavy atom. The Labute approximate surface area is 235 Å². The second-order valence-corrected chi connectivity index (χ2v) is 9.11. The van der Waals surface area contributed by atoms with Gasteiger partial charge in [-0.25, -0.2) is 12.2 Å². The van der Waals surface area contributed by atoms with Gasteiger partial charge in [0.15, 0.2) is 0 Å². The molecular weight excluding hydrogens is 546 g/mol. The van der Waals surface area contributed by atoms with E-state index < -0.39 is 0 Å². The van der Waals surface area contributed by atoms with Crippen molar-refractivity contribution in [1.29, 1.82) is 0 Å². The SMILES string of the molecule is Cc1cccc2[cH-]c3ccccc3c12.[C-]1=CC=CC1.[Cl-].[Cl-].[Zr+2]=[C](c1ccccc1)c1ccccc1. The quantitative estimate of drug-likeness (QED) is 0.285. The molecule has 3 heteroatoms. The fraction of sp³-hybridized carbons (Fsp3) is 0.0625. The third kappa shape index (κ3) is 7.78. The van der Waals surface area contributed by atoms with Crippen molar-refractivity contribution >= 4 is 24.8 Å². The molecule has 0 saturated carbocycles. The van der Waals surface area contributed by atoms with Crippen molar-refractivity contribution in [3.63, 3.8) is 0 Å². The molecule has 6 rings (SSSR count). The van der Waals surface area contributed by atoms with Crippen molar-refractivity contribution < 1.29 is 49.0 Å². The van der Waals surface area contributed by atoms with Crippen LogP contribution in [-0.2, 0) is 24.2 Å². The second kappa shape index (κ2) is 14.8. The first-order chi connectivity index (χ1) is 16.2. The summed E-state index contributed by atoms with van der Waals surface area (Å²) in [6.07, 6.45) is 10.0. The predicted octanol–water partition coefficient (Wildman–Crippen LogP) is 2.14. The van der Waals surface area contributed by atoms with Gasteiger partial charge in [-0.3, -0.25) is 6.08 Å². The van der Waals surface area contributed by atoms with E-state index in [0.717, 1.165) is 6.42 Å². The van der Waals surface area contributed by atoms with Gasteiger partial charge >= 0.3 is 99.2 Å². The van der Waals surface area contributed by atoms with Crippen LogP contribution >= 0.6 is 0 Å². The first-order valence-electron chi connectivity index (χ1n) is 11.2. The van der Waals surface area contributed by atoms with Gasteiger partial charge in [-0.05, 0) is 6.92 Å². The number of hydrogen-bond donors (Lipinski definition) is 0. The van der Waals surface area contributed by atoms with Gasteiger partial charge in [0.1, 0.15) is 0 Å². The summed E-state index contributed by atoms with van der Waals surface area (Å²) < 4.78 is 1.42. The molecule has 35 heavy (non-hydrogen) atoms. The van der Waals surface area contributed by atoms with Gasteiger partial charge in [0.05, 0.1) is 0 Å². The summed E-state index contributed by atoms with van der Waals surface area (Å²) in [4.78, 5) is 0. The first-order valence-corrected chi connectivity index (χ1v) is 12.4. The Hall–Kier alpha value is -2.44. The molecule has 5 aromatic rings. The third-order valence-electron chi connectivity index (χ3n) is 5.56. The Balaban J connectivity index is 0.000000197. The summed E-state index contributed by atoms with van der Waals surface area (Å²) >= 11 is 1.46. The van der Waals surface area contributed by atoms with Gasteiger partial charge in [-0.15, -0.1) is 46.2 Å².